The maximum absolute atomic E-state index is 12.0. The molecule has 0 aliphatic carbocycles. The Hall–Kier alpha value is -1.60. The van der Waals surface area contributed by atoms with Gasteiger partial charge in [-0.05, 0) is 56.5 Å². The molecule has 5 nitrogen and oxygen atoms in total. The van der Waals surface area contributed by atoms with E-state index in [1.165, 1.54) is 13.3 Å². The number of nitrogens with one attached hydrogen (secondary N) is 1. The highest BCUT2D eigenvalue weighted by Crippen LogP contribution is 2.25. The molecule has 7 heteroatoms. The first-order valence-corrected chi connectivity index (χ1v) is 7.52. The number of halogens is 2. The van der Waals surface area contributed by atoms with E-state index in [1.807, 2.05) is 13.0 Å². The first-order chi connectivity index (χ1) is 10.0. The molecule has 1 heterocycles. The van der Waals surface area contributed by atoms with Crippen molar-refractivity contribution >= 4 is 44.0 Å². The van der Waals surface area contributed by atoms with Gasteiger partial charge >= 0.3 is 0 Å². The number of amides is 1. The summed E-state index contributed by atoms with van der Waals surface area (Å²) in [5, 5.41) is 3.85. The topological polar surface area (TPSA) is 63.8 Å². The molecule has 0 bridgehead atoms. The van der Waals surface area contributed by atoms with E-state index in [0.29, 0.717) is 21.7 Å². The number of nitrogens with zero attached hydrogens (tertiary/aromatic N) is 1. The summed E-state index contributed by atoms with van der Waals surface area (Å²) in [5.74, 6) is 0.656. The van der Waals surface area contributed by atoms with Crippen molar-refractivity contribution in [3.05, 3.63) is 50.3 Å². The minimum absolute atomic E-state index is 0.354. The number of hydrazone groups is 1. The van der Waals surface area contributed by atoms with E-state index >= 15 is 0 Å². The van der Waals surface area contributed by atoms with E-state index in [-0.39, 0.29) is 5.91 Å². The first-order valence-electron chi connectivity index (χ1n) is 5.94. The second-order valence-electron chi connectivity index (χ2n) is 4.17. The van der Waals surface area contributed by atoms with E-state index in [1.54, 1.807) is 18.2 Å². The zero-order chi connectivity index (χ0) is 15.4. The van der Waals surface area contributed by atoms with Crippen LogP contribution in [0.3, 0.4) is 0 Å². The van der Waals surface area contributed by atoms with Crippen molar-refractivity contribution in [3.63, 3.8) is 0 Å². The Morgan fingerprint density at radius 1 is 1.38 bits per heavy atom. The molecule has 1 N–H and O–H groups in total. The van der Waals surface area contributed by atoms with Crippen LogP contribution < -0.4 is 10.2 Å². The zero-order valence-corrected chi connectivity index (χ0v) is 14.5. The Morgan fingerprint density at radius 3 is 2.76 bits per heavy atom. The molecule has 0 unspecified atom stereocenters. The van der Waals surface area contributed by atoms with Gasteiger partial charge in [0.2, 0.25) is 0 Å². The number of benzene rings is 1. The number of hydrogen-bond donors (Lipinski definition) is 1. The lowest BCUT2D eigenvalue weighted by atomic mass is 10.1. The quantitative estimate of drug-likeness (QED) is 0.608. The van der Waals surface area contributed by atoms with Gasteiger partial charge in [0.25, 0.3) is 5.91 Å². The molecule has 0 aliphatic heterocycles. The smallest absolute Gasteiger partial charge is 0.275 e. The fourth-order valence-electron chi connectivity index (χ4n) is 1.63. The summed E-state index contributed by atoms with van der Waals surface area (Å²) in [7, 11) is 1.52. The molecule has 0 spiro atoms. The van der Waals surface area contributed by atoms with Gasteiger partial charge < -0.3 is 9.15 Å². The maximum Gasteiger partial charge on any atom is 0.275 e. The van der Waals surface area contributed by atoms with Crippen LogP contribution in [0.5, 0.6) is 5.75 Å². The van der Waals surface area contributed by atoms with E-state index < -0.39 is 0 Å². The summed E-state index contributed by atoms with van der Waals surface area (Å²) in [5.41, 5.74) is 3.86. The van der Waals surface area contributed by atoms with Gasteiger partial charge in [-0.25, -0.2) is 5.43 Å². The number of ether oxygens (including phenoxy) is 1. The number of hydrogen-bond acceptors (Lipinski definition) is 4. The molecular formula is C14H12Br2N2O3. The number of carbonyl (C=O) groups is 1. The molecule has 2 rings (SSSR count). The van der Waals surface area contributed by atoms with Crippen molar-refractivity contribution in [1.82, 2.24) is 5.43 Å². The van der Waals surface area contributed by atoms with Gasteiger partial charge in [0.15, 0.2) is 4.67 Å². The Labute approximate surface area is 138 Å². The normalized spacial score (nSPS) is 10.9. The summed E-state index contributed by atoms with van der Waals surface area (Å²) >= 11 is 6.51. The number of carbonyl (C=O) groups excluding carboxylic acids is 1. The summed E-state index contributed by atoms with van der Waals surface area (Å²) in [6.45, 7) is 1.93. The van der Waals surface area contributed by atoms with Crippen LogP contribution in [-0.4, -0.2) is 19.2 Å². The summed E-state index contributed by atoms with van der Waals surface area (Å²) in [6, 6.07) is 7.05. The lowest BCUT2D eigenvalue weighted by molar-refractivity contribution is 0.0952. The van der Waals surface area contributed by atoms with Crippen molar-refractivity contribution in [1.29, 1.82) is 0 Å². The highest BCUT2D eigenvalue weighted by molar-refractivity contribution is 9.13. The van der Waals surface area contributed by atoms with E-state index in [2.05, 4.69) is 42.4 Å². The number of furan rings is 1. The molecule has 0 radical (unpaired) electrons. The zero-order valence-electron chi connectivity index (χ0n) is 11.3. The van der Waals surface area contributed by atoms with Gasteiger partial charge in [0, 0.05) is 6.07 Å². The third-order valence-electron chi connectivity index (χ3n) is 2.62. The Bertz CT molecular complexity index is 676. The molecule has 0 aliphatic rings. The van der Waals surface area contributed by atoms with Crippen LogP contribution in [0.25, 0.3) is 0 Å². The van der Waals surface area contributed by atoms with Crippen LogP contribution in [0.15, 0.2) is 42.9 Å². The number of methoxy groups -OCH3 is 1. The highest BCUT2D eigenvalue weighted by Gasteiger charge is 2.11. The number of rotatable bonds is 4. The molecule has 0 fully saturated rings. The van der Waals surface area contributed by atoms with Gasteiger partial charge in [-0.1, -0.05) is 6.07 Å². The molecule has 2 aromatic rings. The fraction of sp³-hybridized carbons (Fsp3) is 0.143. The predicted molar refractivity (Wildman–Crippen MR) is 86.9 cm³/mol. The molecular weight excluding hydrogens is 404 g/mol. The monoisotopic (exact) mass is 414 g/mol. The van der Waals surface area contributed by atoms with Crippen molar-refractivity contribution in [2.75, 3.05) is 7.11 Å². The molecule has 1 aromatic carbocycles. The third-order valence-corrected chi connectivity index (χ3v) is 4.33. The molecule has 110 valence electrons. The highest BCUT2D eigenvalue weighted by atomic mass is 79.9. The minimum Gasteiger partial charge on any atom is -0.496 e. The Kier molecular flexibility index (Phi) is 5.19. The van der Waals surface area contributed by atoms with Crippen molar-refractivity contribution in [2.24, 2.45) is 5.10 Å². The largest absolute Gasteiger partial charge is 0.496 e. The average Bonchev–Trinajstić information content (AvgIpc) is 2.77. The molecule has 1 amide bonds. The molecule has 0 saturated carbocycles. The van der Waals surface area contributed by atoms with Crippen LogP contribution in [0.4, 0.5) is 0 Å². The van der Waals surface area contributed by atoms with Crippen LogP contribution in [0, 0.1) is 6.92 Å². The van der Waals surface area contributed by atoms with Crippen molar-refractivity contribution in [2.45, 2.75) is 6.92 Å². The van der Waals surface area contributed by atoms with Gasteiger partial charge in [0.05, 0.1) is 23.4 Å². The predicted octanol–water partition coefficient (Wildman–Crippen LogP) is 3.89. The summed E-state index contributed by atoms with van der Waals surface area (Å²) in [6.07, 6.45) is 1.41. The second-order valence-corrected chi connectivity index (χ2v) is 5.75. The van der Waals surface area contributed by atoms with Crippen molar-refractivity contribution in [3.8, 4) is 5.75 Å². The van der Waals surface area contributed by atoms with Crippen molar-refractivity contribution < 1.29 is 13.9 Å². The minimum atomic E-state index is -0.354. The Morgan fingerprint density at radius 2 is 2.14 bits per heavy atom. The average molecular weight is 416 g/mol. The summed E-state index contributed by atoms with van der Waals surface area (Å²) in [4.78, 5) is 12.0. The molecule has 1 aromatic heterocycles. The van der Waals surface area contributed by atoms with E-state index in [9.17, 15) is 4.79 Å². The lowest BCUT2D eigenvalue weighted by Crippen LogP contribution is -2.18. The number of aryl methyl sites for hydroxylation is 1. The fourth-order valence-corrected chi connectivity index (χ4v) is 2.24. The third kappa shape index (κ3) is 3.95. The lowest BCUT2D eigenvalue weighted by Gasteiger charge is -2.07. The van der Waals surface area contributed by atoms with Gasteiger partial charge in [-0.3, -0.25) is 4.79 Å². The SMILES string of the molecule is COc1cc(C)ccc1C(=O)N/N=C\c1cc(Br)c(Br)o1. The van der Waals surface area contributed by atoms with E-state index in [4.69, 9.17) is 9.15 Å². The molecule has 21 heavy (non-hydrogen) atoms. The Balaban J connectivity index is 2.08. The second kappa shape index (κ2) is 6.91. The van der Waals surface area contributed by atoms with Gasteiger partial charge in [-0.15, -0.1) is 0 Å². The van der Waals surface area contributed by atoms with Crippen LogP contribution in [0.1, 0.15) is 21.7 Å². The van der Waals surface area contributed by atoms with Gasteiger partial charge in [-0.2, -0.15) is 5.10 Å². The van der Waals surface area contributed by atoms with Gasteiger partial charge in [0.1, 0.15) is 11.5 Å². The molecule has 0 saturated heterocycles. The van der Waals surface area contributed by atoms with Crippen LogP contribution >= 0.6 is 31.9 Å². The van der Waals surface area contributed by atoms with Crippen LogP contribution in [0.2, 0.25) is 0 Å². The summed E-state index contributed by atoms with van der Waals surface area (Å²) < 4.78 is 11.8. The maximum atomic E-state index is 12.0. The van der Waals surface area contributed by atoms with Crippen LogP contribution in [-0.2, 0) is 0 Å². The standard InChI is InChI=1S/C14H12Br2N2O3/c1-8-3-4-10(12(5-8)20-2)14(19)18-17-7-9-6-11(15)13(16)21-9/h3-7H,1-2H3,(H,18,19)/b17-7-. The van der Waals surface area contributed by atoms with E-state index in [0.717, 1.165) is 10.0 Å². The molecule has 0 atom stereocenters. The first kappa shape index (κ1) is 15.8.